The fourth-order valence-corrected chi connectivity index (χ4v) is 0.920. The molecule has 14 heavy (non-hydrogen) atoms. The lowest BCUT2D eigenvalue weighted by atomic mass is 9.79. The van der Waals surface area contributed by atoms with Crippen LogP contribution in [0.2, 0.25) is 0 Å². The van der Waals surface area contributed by atoms with Gasteiger partial charge in [-0.15, -0.1) is 0 Å². The number of anilines is 1. The molecule has 0 unspecified atom stereocenters. The number of halogens is 3. The highest BCUT2D eigenvalue weighted by Crippen LogP contribution is 2.26. The van der Waals surface area contributed by atoms with Crippen LogP contribution < -0.4 is 11.2 Å². The number of hydrogen-bond donors (Lipinski definition) is 3. The summed E-state index contributed by atoms with van der Waals surface area (Å²) in [5, 5.41) is 17.3. The van der Waals surface area contributed by atoms with Crippen LogP contribution in [-0.2, 0) is 6.18 Å². The Balaban J connectivity index is 3.30. The van der Waals surface area contributed by atoms with Gasteiger partial charge in [-0.1, -0.05) is 6.07 Å². The molecule has 0 aromatic carbocycles. The van der Waals surface area contributed by atoms with E-state index in [9.17, 15) is 13.2 Å². The standard InChI is InChI=1S/C6H6BF3N2O2/c8-6(9,10)5-3(7(13)14)1-2-4(11)12-5/h1-2,13-14H,(H2,11,12). The maximum atomic E-state index is 12.2. The van der Waals surface area contributed by atoms with E-state index in [2.05, 4.69) is 4.98 Å². The number of alkyl halides is 3. The molecule has 0 saturated carbocycles. The second kappa shape index (κ2) is 3.47. The molecular weight excluding hydrogens is 200 g/mol. The molecule has 0 spiro atoms. The van der Waals surface area contributed by atoms with Crippen molar-refractivity contribution in [1.82, 2.24) is 4.98 Å². The van der Waals surface area contributed by atoms with Gasteiger partial charge in [0.2, 0.25) is 0 Å². The maximum absolute atomic E-state index is 12.2. The Kier molecular flexibility index (Phi) is 2.67. The summed E-state index contributed by atoms with van der Waals surface area (Å²) in [4.78, 5) is 3.00. The van der Waals surface area contributed by atoms with Crippen LogP contribution in [0, 0.1) is 0 Å². The summed E-state index contributed by atoms with van der Waals surface area (Å²) in [5.41, 5.74) is 2.95. The molecule has 8 heteroatoms. The van der Waals surface area contributed by atoms with Crippen molar-refractivity contribution in [2.24, 2.45) is 0 Å². The molecule has 1 heterocycles. The van der Waals surface area contributed by atoms with Gasteiger partial charge in [-0.05, 0) is 6.07 Å². The van der Waals surface area contributed by atoms with Crippen LogP contribution in [0.25, 0.3) is 0 Å². The molecule has 0 radical (unpaired) electrons. The maximum Gasteiger partial charge on any atom is 0.490 e. The third kappa shape index (κ3) is 2.15. The summed E-state index contributed by atoms with van der Waals surface area (Å²) >= 11 is 0. The third-order valence-corrected chi connectivity index (χ3v) is 1.49. The van der Waals surface area contributed by atoms with Gasteiger partial charge in [0.15, 0.2) is 0 Å². The van der Waals surface area contributed by atoms with Crippen molar-refractivity contribution in [3.8, 4) is 0 Å². The number of nitrogens with zero attached hydrogens (tertiary/aromatic N) is 1. The number of aromatic nitrogens is 1. The van der Waals surface area contributed by atoms with Crippen LogP contribution in [0.3, 0.4) is 0 Å². The SMILES string of the molecule is Nc1ccc(B(O)O)c(C(F)(F)F)n1. The van der Waals surface area contributed by atoms with E-state index in [-0.39, 0.29) is 5.82 Å². The largest absolute Gasteiger partial charge is 0.490 e. The van der Waals surface area contributed by atoms with Crippen molar-refractivity contribution in [2.75, 3.05) is 5.73 Å². The van der Waals surface area contributed by atoms with Gasteiger partial charge < -0.3 is 15.8 Å². The molecule has 0 fully saturated rings. The monoisotopic (exact) mass is 206 g/mol. The first-order valence-corrected chi connectivity index (χ1v) is 3.52. The highest BCUT2D eigenvalue weighted by Gasteiger charge is 2.38. The number of rotatable bonds is 1. The number of nitrogens with two attached hydrogens (primary N) is 1. The van der Waals surface area contributed by atoms with Crippen LogP contribution in [-0.4, -0.2) is 22.2 Å². The summed E-state index contributed by atoms with van der Waals surface area (Å²) in [7, 11) is -2.22. The average molecular weight is 206 g/mol. The molecular formula is C6H6BF3N2O2. The van der Waals surface area contributed by atoms with Crippen LogP contribution in [0.1, 0.15) is 5.69 Å². The van der Waals surface area contributed by atoms with E-state index in [1.807, 2.05) is 0 Å². The molecule has 1 aromatic heterocycles. The lowest BCUT2D eigenvalue weighted by molar-refractivity contribution is -0.140. The van der Waals surface area contributed by atoms with Crippen LogP contribution in [0.4, 0.5) is 19.0 Å². The summed E-state index contributed by atoms with van der Waals surface area (Å²) < 4.78 is 36.7. The van der Waals surface area contributed by atoms with E-state index in [1.54, 1.807) is 0 Å². The lowest BCUT2D eigenvalue weighted by Gasteiger charge is -2.11. The smallest absolute Gasteiger partial charge is 0.423 e. The normalized spacial score (nSPS) is 11.5. The quantitative estimate of drug-likeness (QED) is 0.534. The van der Waals surface area contributed by atoms with Crippen molar-refractivity contribution in [1.29, 1.82) is 0 Å². The van der Waals surface area contributed by atoms with Crippen LogP contribution in [0.15, 0.2) is 12.1 Å². The molecule has 0 bridgehead atoms. The molecule has 1 aromatic rings. The molecule has 1 rings (SSSR count). The summed E-state index contributed by atoms with van der Waals surface area (Å²) in [6.07, 6.45) is -4.76. The van der Waals surface area contributed by atoms with Crippen LogP contribution >= 0.6 is 0 Å². The first-order valence-electron chi connectivity index (χ1n) is 3.52. The summed E-state index contributed by atoms with van der Waals surface area (Å²) in [5.74, 6) is -0.332. The van der Waals surface area contributed by atoms with E-state index in [1.165, 1.54) is 0 Å². The molecule has 0 aliphatic carbocycles. The van der Waals surface area contributed by atoms with E-state index < -0.39 is 24.5 Å². The van der Waals surface area contributed by atoms with Gasteiger partial charge in [0.05, 0.1) is 0 Å². The molecule has 0 amide bonds. The zero-order chi connectivity index (χ0) is 10.9. The fraction of sp³-hybridized carbons (Fsp3) is 0.167. The van der Waals surface area contributed by atoms with E-state index in [4.69, 9.17) is 15.8 Å². The first-order chi connectivity index (χ1) is 6.32. The second-order valence-electron chi connectivity index (χ2n) is 2.55. The Morgan fingerprint density at radius 1 is 1.29 bits per heavy atom. The second-order valence-corrected chi connectivity index (χ2v) is 2.55. The Labute approximate surface area is 77.3 Å². The zero-order valence-electron chi connectivity index (χ0n) is 6.78. The predicted molar refractivity (Wildman–Crippen MR) is 43.5 cm³/mol. The van der Waals surface area contributed by atoms with Gasteiger partial charge in [0.25, 0.3) is 0 Å². The third-order valence-electron chi connectivity index (χ3n) is 1.49. The van der Waals surface area contributed by atoms with Crippen LogP contribution in [0.5, 0.6) is 0 Å². The average Bonchev–Trinajstić information content (AvgIpc) is 2.01. The van der Waals surface area contributed by atoms with Gasteiger partial charge in [0, 0.05) is 5.46 Å². The Hall–Kier alpha value is -1.28. The van der Waals surface area contributed by atoms with Gasteiger partial charge in [-0.25, -0.2) is 4.98 Å². The van der Waals surface area contributed by atoms with Gasteiger partial charge in [-0.2, -0.15) is 13.2 Å². The highest BCUT2D eigenvalue weighted by atomic mass is 19.4. The first kappa shape index (κ1) is 10.8. The van der Waals surface area contributed by atoms with E-state index in [0.717, 1.165) is 12.1 Å². The molecule has 0 aliphatic heterocycles. The van der Waals surface area contributed by atoms with Gasteiger partial charge in [-0.3, -0.25) is 0 Å². The fourth-order valence-electron chi connectivity index (χ4n) is 0.920. The number of nitrogen functional groups attached to an aromatic ring is 1. The molecule has 0 atom stereocenters. The molecule has 0 saturated heterocycles. The predicted octanol–water partition coefficient (Wildman–Crippen LogP) is -0.638. The Morgan fingerprint density at radius 2 is 1.86 bits per heavy atom. The Bertz CT molecular complexity index is 342. The summed E-state index contributed by atoms with van der Waals surface area (Å²) in [6, 6.07) is 1.93. The van der Waals surface area contributed by atoms with Gasteiger partial charge >= 0.3 is 13.3 Å². The Morgan fingerprint density at radius 3 is 2.29 bits per heavy atom. The minimum absolute atomic E-state index is 0.332. The van der Waals surface area contributed by atoms with Crippen molar-refractivity contribution in [2.45, 2.75) is 6.18 Å². The highest BCUT2D eigenvalue weighted by molar-refractivity contribution is 6.59. The summed E-state index contributed by atoms with van der Waals surface area (Å²) in [6.45, 7) is 0. The zero-order valence-corrected chi connectivity index (χ0v) is 6.78. The van der Waals surface area contributed by atoms with Crippen molar-refractivity contribution in [3.05, 3.63) is 17.8 Å². The minimum Gasteiger partial charge on any atom is -0.423 e. The van der Waals surface area contributed by atoms with Crippen molar-refractivity contribution >= 4 is 18.4 Å². The van der Waals surface area contributed by atoms with E-state index in [0.29, 0.717) is 0 Å². The van der Waals surface area contributed by atoms with Crippen molar-refractivity contribution in [3.63, 3.8) is 0 Å². The van der Waals surface area contributed by atoms with E-state index >= 15 is 0 Å². The molecule has 76 valence electrons. The minimum atomic E-state index is -4.76. The topological polar surface area (TPSA) is 79.4 Å². The van der Waals surface area contributed by atoms with Crippen molar-refractivity contribution < 1.29 is 23.2 Å². The molecule has 4 N–H and O–H groups in total. The number of hydrogen-bond acceptors (Lipinski definition) is 4. The van der Waals surface area contributed by atoms with Gasteiger partial charge in [0.1, 0.15) is 11.5 Å². The molecule has 4 nitrogen and oxygen atoms in total. The lowest BCUT2D eigenvalue weighted by Crippen LogP contribution is -2.37. The molecule has 0 aliphatic rings. The number of pyridine rings is 1.